The molecule has 9 heteroatoms. The van der Waals surface area contributed by atoms with E-state index in [0.717, 1.165) is 18.6 Å². The van der Waals surface area contributed by atoms with Crippen LogP contribution in [0.15, 0.2) is 24.3 Å². The predicted octanol–water partition coefficient (Wildman–Crippen LogP) is 3.74. The van der Waals surface area contributed by atoms with Crippen molar-refractivity contribution in [2.24, 2.45) is 11.8 Å². The lowest BCUT2D eigenvalue weighted by molar-refractivity contribution is -0.137. The van der Waals surface area contributed by atoms with Gasteiger partial charge in [-0.3, -0.25) is 4.79 Å². The second kappa shape index (κ2) is 10.5. The monoisotopic (exact) mass is 415 g/mol. The molecule has 2 rings (SSSR count). The van der Waals surface area contributed by atoms with Gasteiger partial charge < -0.3 is 20.3 Å². The zero-order valence-electron chi connectivity index (χ0n) is 16.7. The molecule has 0 spiro atoms. The molecule has 6 nitrogen and oxygen atoms in total. The summed E-state index contributed by atoms with van der Waals surface area (Å²) in [6, 6.07) is 4.16. The van der Waals surface area contributed by atoms with Crippen molar-refractivity contribution in [3.05, 3.63) is 29.8 Å². The molecule has 1 fully saturated rings. The Morgan fingerprint density at radius 3 is 2.69 bits per heavy atom. The van der Waals surface area contributed by atoms with Crippen LogP contribution in [0.4, 0.5) is 23.7 Å². The predicted molar refractivity (Wildman–Crippen MR) is 103 cm³/mol. The van der Waals surface area contributed by atoms with Gasteiger partial charge in [0.1, 0.15) is 0 Å². The van der Waals surface area contributed by atoms with Crippen LogP contribution in [-0.2, 0) is 15.7 Å². The first-order valence-electron chi connectivity index (χ1n) is 9.73. The number of halogens is 3. The van der Waals surface area contributed by atoms with Crippen molar-refractivity contribution in [2.45, 2.75) is 32.4 Å². The van der Waals surface area contributed by atoms with Crippen LogP contribution in [0.25, 0.3) is 0 Å². The number of likely N-dealkylation sites (tertiary alicyclic amines) is 1. The summed E-state index contributed by atoms with van der Waals surface area (Å²) in [6.45, 7) is 3.85. The van der Waals surface area contributed by atoms with Crippen molar-refractivity contribution in [3.63, 3.8) is 0 Å². The summed E-state index contributed by atoms with van der Waals surface area (Å²) in [5.74, 6) is 0.289. The second-order valence-electron chi connectivity index (χ2n) is 7.22. The molecule has 0 unspecified atom stereocenters. The maximum Gasteiger partial charge on any atom is 0.416 e. The molecule has 162 valence electrons. The topological polar surface area (TPSA) is 70.7 Å². The van der Waals surface area contributed by atoms with E-state index in [1.165, 1.54) is 12.1 Å². The number of hydrogen-bond acceptors (Lipinski definition) is 3. The second-order valence-corrected chi connectivity index (χ2v) is 7.22. The quantitative estimate of drug-likeness (QED) is 0.667. The highest BCUT2D eigenvalue weighted by Gasteiger charge is 2.33. The maximum atomic E-state index is 12.8. The molecule has 1 aliphatic heterocycles. The summed E-state index contributed by atoms with van der Waals surface area (Å²) in [7, 11) is 1.57. The van der Waals surface area contributed by atoms with Crippen LogP contribution in [0, 0.1) is 11.8 Å². The van der Waals surface area contributed by atoms with Crippen molar-refractivity contribution in [1.82, 2.24) is 10.2 Å². The van der Waals surface area contributed by atoms with E-state index in [0.29, 0.717) is 39.1 Å². The minimum absolute atomic E-state index is 0.0348. The molecular formula is C20H28F3N3O3. The van der Waals surface area contributed by atoms with E-state index in [1.54, 1.807) is 12.0 Å². The molecular weight excluding hydrogens is 387 g/mol. The molecule has 1 aromatic rings. The number of piperidine rings is 1. The molecule has 2 N–H and O–H groups in total. The Kier molecular flexibility index (Phi) is 8.31. The van der Waals surface area contributed by atoms with E-state index in [2.05, 4.69) is 10.6 Å². The molecule has 0 aliphatic carbocycles. The van der Waals surface area contributed by atoms with Crippen LogP contribution in [0.5, 0.6) is 0 Å². The molecule has 0 aromatic heterocycles. The Labute approximate surface area is 168 Å². The minimum atomic E-state index is -4.46. The fourth-order valence-corrected chi connectivity index (χ4v) is 3.58. The van der Waals surface area contributed by atoms with E-state index >= 15 is 0 Å². The smallest absolute Gasteiger partial charge is 0.383 e. The first kappa shape index (κ1) is 23.0. The van der Waals surface area contributed by atoms with E-state index in [9.17, 15) is 22.8 Å². The number of nitrogens with zero attached hydrogens (tertiary/aromatic N) is 1. The molecule has 1 heterocycles. The number of rotatable bonds is 7. The Morgan fingerprint density at radius 1 is 1.28 bits per heavy atom. The Hall–Kier alpha value is -2.29. The lowest BCUT2D eigenvalue weighted by Gasteiger charge is -2.38. The van der Waals surface area contributed by atoms with E-state index in [1.807, 2.05) is 6.92 Å². The molecule has 0 radical (unpaired) electrons. The maximum absolute atomic E-state index is 12.8. The van der Waals surface area contributed by atoms with Crippen LogP contribution >= 0.6 is 0 Å². The van der Waals surface area contributed by atoms with E-state index in [4.69, 9.17) is 4.74 Å². The number of alkyl halides is 3. The third-order valence-corrected chi connectivity index (χ3v) is 5.22. The Bertz CT molecular complexity index is 697. The number of methoxy groups -OCH3 is 1. The number of anilines is 1. The van der Waals surface area contributed by atoms with Gasteiger partial charge in [-0.25, -0.2) is 4.79 Å². The SMILES string of the molecule is CC[C@H]1CN(C(=O)Nc2cccc(C(F)(F)F)c2)CC[C@H]1CC(=O)NCCOC. The first-order chi connectivity index (χ1) is 13.7. The molecule has 1 aromatic carbocycles. The molecule has 1 aliphatic rings. The summed E-state index contributed by atoms with van der Waals surface area (Å²) in [5.41, 5.74) is -0.697. The lowest BCUT2D eigenvalue weighted by atomic mass is 9.81. The van der Waals surface area contributed by atoms with Gasteiger partial charge in [0.15, 0.2) is 0 Å². The number of benzene rings is 1. The van der Waals surface area contributed by atoms with Crippen LogP contribution in [0.3, 0.4) is 0 Å². The first-order valence-corrected chi connectivity index (χ1v) is 9.73. The largest absolute Gasteiger partial charge is 0.416 e. The van der Waals surface area contributed by atoms with Crippen molar-refractivity contribution in [2.75, 3.05) is 38.7 Å². The third kappa shape index (κ3) is 6.92. The average Bonchev–Trinajstić information content (AvgIpc) is 2.68. The number of carbonyl (C=O) groups is 2. The van der Waals surface area contributed by atoms with Gasteiger partial charge in [0.25, 0.3) is 0 Å². The summed E-state index contributed by atoms with van der Waals surface area (Å²) >= 11 is 0. The number of urea groups is 1. The molecule has 1 saturated heterocycles. The van der Waals surface area contributed by atoms with Crippen molar-refractivity contribution in [3.8, 4) is 0 Å². The van der Waals surface area contributed by atoms with Gasteiger partial charge in [-0.2, -0.15) is 13.2 Å². The van der Waals surface area contributed by atoms with Crippen LogP contribution < -0.4 is 10.6 Å². The fourth-order valence-electron chi connectivity index (χ4n) is 3.58. The summed E-state index contributed by atoms with van der Waals surface area (Å²) in [5, 5.41) is 5.36. The minimum Gasteiger partial charge on any atom is -0.383 e. The highest BCUT2D eigenvalue weighted by atomic mass is 19.4. The van der Waals surface area contributed by atoms with Gasteiger partial charge in [-0.1, -0.05) is 19.4 Å². The highest BCUT2D eigenvalue weighted by Crippen LogP contribution is 2.32. The number of carbonyl (C=O) groups excluding carboxylic acids is 2. The number of amides is 3. The summed E-state index contributed by atoms with van der Waals surface area (Å²) < 4.78 is 43.4. The van der Waals surface area contributed by atoms with Gasteiger partial charge >= 0.3 is 12.2 Å². The molecule has 29 heavy (non-hydrogen) atoms. The molecule has 0 bridgehead atoms. The van der Waals surface area contributed by atoms with Gasteiger partial charge in [0.2, 0.25) is 5.91 Å². The van der Waals surface area contributed by atoms with Crippen LogP contribution in [0.2, 0.25) is 0 Å². The lowest BCUT2D eigenvalue weighted by Crippen LogP contribution is -2.46. The van der Waals surface area contributed by atoms with E-state index in [-0.39, 0.29) is 23.4 Å². The summed E-state index contributed by atoms with van der Waals surface area (Å²) in [6.07, 6.45) is -2.59. The van der Waals surface area contributed by atoms with Crippen molar-refractivity contribution >= 4 is 17.6 Å². The number of nitrogens with one attached hydrogen (secondary N) is 2. The standard InChI is InChI=1S/C20H28F3N3O3/c1-3-14-13-26(9-7-15(14)11-18(27)24-8-10-29-2)19(28)25-17-6-4-5-16(12-17)20(21,22)23/h4-6,12,14-15H,3,7-11,13H2,1-2H3,(H,24,27)(H,25,28)/t14-,15-/m0/s1. The van der Waals surface area contributed by atoms with Crippen molar-refractivity contribution < 1.29 is 27.5 Å². The van der Waals surface area contributed by atoms with Gasteiger partial charge in [0, 0.05) is 38.9 Å². The van der Waals surface area contributed by atoms with Gasteiger partial charge in [-0.15, -0.1) is 0 Å². The summed E-state index contributed by atoms with van der Waals surface area (Å²) in [4.78, 5) is 26.2. The zero-order valence-corrected chi connectivity index (χ0v) is 16.7. The fraction of sp³-hybridized carbons (Fsp3) is 0.600. The molecule has 0 saturated carbocycles. The highest BCUT2D eigenvalue weighted by molar-refractivity contribution is 5.89. The van der Waals surface area contributed by atoms with E-state index < -0.39 is 17.8 Å². The van der Waals surface area contributed by atoms with Gasteiger partial charge in [0.05, 0.1) is 12.2 Å². The Morgan fingerprint density at radius 2 is 2.03 bits per heavy atom. The molecule has 3 amide bonds. The molecule has 2 atom stereocenters. The van der Waals surface area contributed by atoms with Gasteiger partial charge in [-0.05, 0) is 36.5 Å². The average molecular weight is 415 g/mol. The zero-order chi connectivity index (χ0) is 21.4. The normalized spacial score (nSPS) is 19.7. The third-order valence-electron chi connectivity index (χ3n) is 5.22. The number of hydrogen-bond donors (Lipinski definition) is 2. The van der Waals surface area contributed by atoms with Crippen molar-refractivity contribution in [1.29, 1.82) is 0 Å². The Balaban J connectivity index is 1.91. The van der Waals surface area contributed by atoms with Crippen LogP contribution in [0.1, 0.15) is 31.7 Å². The van der Waals surface area contributed by atoms with Crippen LogP contribution in [-0.4, -0.2) is 50.2 Å². The number of ether oxygens (including phenoxy) is 1.